The molecule has 2 aromatic carbocycles. The molecule has 0 bridgehead atoms. The van der Waals surface area contributed by atoms with Crippen LogP contribution < -0.4 is 9.64 Å². The number of amides is 1. The van der Waals surface area contributed by atoms with E-state index in [-0.39, 0.29) is 35.1 Å². The van der Waals surface area contributed by atoms with Gasteiger partial charge in [-0.25, -0.2) is 8.42 Å². The van der Waals surface area contributed by atoms with Gasteiger partial charge in [0.2, 0.25) is 0 Å². The van der Waals surface area contributed by atoms with Gasteiger partial charge in [-0.2, -0.15) is 4.99 Å². The summed E-state index contributed by atoms with van der Waals surface area (Å²) in [7, 11) is -1.48. The molecule has 0 aliphatic carbocycles. The van der Waals surface area contributed by atoms with Gasteiger partial charge in [0.25, 0.3) is 5.91 Å². The van der Waals surface area contributed by atoms with Crippen LogP contribution in [0, 0.1) is 6.92 Å². The molecule has 4 rings (SSSR count). The molecule has 0 radical (unpaired) electrons. The quantitative estimate of drug-likeness (QED) is 0.743. The first-order valence-electron chi connectivity index (χ1n) is 9.33. The minimum absolute atomic E-state index is 0.0880. The van der Waals surface area contributed by atoms with Crippen molar-refractivity contribution in [2.24, 2.45) is 4.99 Å². The summed E-state index contributed by atoms with van der Waals surface area (Å²) in [5.74, 6) is 0.693. The lowest BCUT2D eigenvalue weighted by molar-refractivity contribution is -0.117. The van der Waals surface area contributed by atoms with E-state index in [0.717, 1.165) is 22.6 Å². The van der Waals surface area contributed by atoms with Gasteiger partial charge in [0.15, 0.2) is 15.0 Å². The average molecular weight is 431 g/mol. The Morgan fingerprint density at radius 3 is 2.59 bits per heavy atom. The minimum Gasteiger partial charge on any atom is -0.497 e. The monoisotopic (exact) mass is 430 g/mol. The Bertz CT molecular complexity index is 1060. The predicted molar refractivity (Wildman–Crippen MR) is 117 cm³/mol. The van der Waals surface area contributed by atoms with Crippen LogP contribution in [0.2, 0.25) is 0 Å². The molecule has 2 aliphatic rings. The standard InChI is InChI=1S/C21H22N2O4S2/c1-14-5-3-4-6-17(14)23-18-12-29(25,26)13-19(18)28-21(23)22-20(24)11-15-7-9-16(27-2)10-8-15/h3-10,18-19H,11-13H2,1-2H3/t18-,19-/m1/s1. The topological polar surface area (TPSA) is 76.0 Å². The smallest absolute Gasteiger partial charge is 0.252 e. The first-order chi connectivity index (χ1) is 13.9. The maximum atomic E-state index is 12.7. The summed E-state index contributed by atoms with van der Waals surface area (Å²) in [5, 5.41) is 0.481. The molecule has 6 nitrogen and oxygen atoms in total. The van der Waals surface area contributed by atoms with Crippen LogP contribution in [0.4, 0.5) is 5.69 Å². The van der Waals surface area contributed by atoms with Crippen LogP contribution in [0.25, 0.3) is 0 Å². The maximum absolute atomic E-state index is 12.7. The van der Waals surface area contributed by atoms with Crippen molar-refractivity contribution in [3.63, 3.8) is 0 Å². The van der Waals surface area contributed by atoms with E-state index in [9.17, 15) is 13.2 Å². The SMILES string of the molecule is COc1ccc(CC(=O)N=C2S[C@@H]3CS(=O)(=O)C[C@H]3N2c2ccccc2C)cc1. The molecule has 0 unspecified atom stereocenters. The number of aryl methyl sites for hydroxylation is 1. The number of amidine groups is 1. The second kappa shape index (κ2) is 7.84. The largest absolute Gasteiger partial charge is 0.497 e. The molecule has 2 saturated heterocycles. The normalized spacial score (nSPS) is 23.9. The highest BCUT2D eigenvalue weighted by molar-refractivity contribution is 8.16. The number of nitrogens with zero attached hydrogens (tertiary/aromatic N) is 2. The Labute approximate surface area is 174 Å². The average Bonchev–Trinajstić information content (AvgIpc) is 3.13. The summed E-state index contributed by atoms with van der Waals surface area (Å²) in [6, 6.07) is 14.9. The lowest BCUT2D eigenvalue weighted by Gasteiger charge is -2.26. The molecule has 2 atom stereocenters. The van der Waals surface area contributed by atoms with Gasteiger partial charge in [0.05, 0.1) is 31.1 Å². The zero-order chi connectivity index (χ0) is 20.6. The fourth-order valence-electron chi connectivity index (χ4n) is 3.74. The van der Waals surface area contributed by atoms with Crippen molar-refractivity contribution >= 4 is 38.4 Å². The van der Waals surface area contributed by atoms with Gasteiger partial charge in [-0.15, -0.1) is 0 Å². The molecule has 0 aromatic heterocycles. The van der Waals surface area contributed by atoms with Crippen LogP contribution in [-0.4, -0.2) is 49.4 Å². The number of hydrogen-bond acceptors (Lipinski definition) is 5. The molecule has 0 N–H and O–H groups in total. The number of thioether (sulfide) groups is 1. The molecule has 2 aliphatic heterocycles. The zero-order valence-electron chi connectivity index (χ0n) is 16.2. The summed E-state index contributed by atoms with van der Waals surface area (Å²) in [4.78, 5) is 19.0. The summed E-state index contributed by atoms with van der Waals surface area (Å²) in [6.45, 7) is 1.98. The maximum Gasteiger partial charge on any atom is 0.252 e. The summed E-state index contributed by atoms with van der Waals surface area (Å²) >= 11 is 1.40. The Balaban J connectivity index is 1.62. The van der Waals surface area contributed by atoms with Gasteiger partial charge < -0.3 is 9.64 Å². The van der Waals surface area contributed by atoms with Crippen molar-refractivity contribution in [2.45, 2.75) is 24.6 Å². The van der Waals surface area contributed by atoms with Crippen LogP contribution in [0.5, 0.6) is 5.75 Å². The third-order valence-electron chi connectivity index (χ3n) is 5.18. The molecular weight excluding hydrogens is 408 g/mol. The first-order valence-corrected chi connectivity index (χ1v) is 12.0. The molecule has 2 aromatic rings. The first kappa shape index (κ1) is 20.0. The van der Waals surface area contributed by atoms with Crippen molar-refractivity contribution < 1.29 is 17.9 Å². The molecular formula is C21H22N2O4S2. The summed E-state index contributed by atoms with van der Waals surface area (Å²) in [5.41, 5.74) is 2.78. The van der Waals surface area contributed by atoms with Crippen molar-refractivity contribution in [1.29, 1.82) is 0 Å². The number of hydrogen-bond donors (Lipinski definition) is 0. The number of methoxy groups -OCH3 is 1. The van der Waals surface area contributed by atoms with Crippen LogP contribution >= 0.6 is 11.8 Å². The molecule has 29 heavy (non-hydrogen) atoms. The molecule has 0 saturated carbocycles. The summed E-state index contributed by atoms with van der Waals surface area (Å²) in [6.07, 6.45) is 0.184. The number of carbonyl (C=O) groups is 1. The number of para-hydroxylation sites is 1. The van der Waals surface area contributed by atoms with Gasteiger partial charge in [0, 0.05) is 10.9 Å². The van der Waals surface area contributed by atoms with E-state index in [0.29, 0.717) is 5.17 Å². The lowest BCUT2D eigenvalue weighted by atomic mass is 10.1. The number of sulfone groups is 1. The van der Waals surface area contributed by atoms with E-state index < -0.39 is 9.84 Å². The van der Waals surface area contributed by atoms with Gasteiger partial charge in [-0.1, -0.05) is 42.1 Å². The van der Waals surface area contributed by atoms with E-state index in [4.69, 9.17) is 4.74 Å². The van der Waals surface area contributed by atoms with Crippen molar-refractivity contribution in [1.82, 2.24) is 0 Å². The number of benzene rings is 2. The van der Waals surface area contributed by atoms with Crippen molar-refractivity contribution in [2.75, 3.05) is 23.5 Å². The Kier molecular flexibility index (Phi) is 5.40. The molecule has 1 amide bonds. The van der Waals surface area contributed by atoms with Crippen LogP contribution in [0.1, 0.15) is 11.1 Å². The van der Waals surface area contributed by atoms with E-state index in [1.54, 1.807) is 7.11 Å². The van der Waals surface area contributed by atoms with Gasteiger partial charge in [-0.05, 0) is 36.2 Å². The van der Waals surface area contributed by atoms with E-state index in [1.807, 2.05) is 60.4 Å². The second-order valence-electron chi connectivity index (χ2n) is 7.27. The third kappa shape index (κ3) is 4.18. The van der Waals surface area contributed by atoms with Crippen LogP contribution in [0.15, 0.2) is 53.5 Å². The number of ether oxygens (including phenoxy) is 1. The number of carbonyl (C=O) groups excluding carboxylic acids is 1. The Morgan fingerprint density at radius 1 is 1.17 bits per heavy atom. The minimum atomic E-state index is -3.08. The van der Waals surface area contributed by atoms with E-state index in [1.165, 1.54) is 11.8 Å². The molecule has 0 spiro atoms. The van der Waals surface area contributed by atoms with E-state index in [2.05, 4.69) is 4.99 Å². The Hall–Kier alpha value is -2.32. The van der Waals surface area contributed by atoms with Gasteiger partial charge >= 0.3 is 0 Å². The van der Waals surface area contributed by atoms with Crippen molar-refractivity contribution in [3.8, 4) is 5.75 Å². The number of aliphatic imine (C=N–C) groups is 1. The van der Waals surface area contributed by atoms with Gasteiger partial charge in [0.1, 0.15) is 5.75 Å². The van der Waals surface area contributed by atoms with Gasteiger partial charge in [-0.3, -0.25) is 4.79 Å². The van der Waals surface area contributed by atoms with E-state index >= 15 is 0 Å². The predicted octanol–water partition coefficient (Wildman–Crippen LogP) is 2.85. The highest BCUT2D eigenvalue weighted by atomic mass is 32.2. The number of rotatable bonds is 4. The number of fused-ring (bicyclic) bond motifs is 1. The summed E-state index contributed by atoms with van der Waals surface area (Å²) < 4.78 is 29.5. The zero-order valence-corrected chi connectivity index (χ0v) is 17.9. The molecule has 2 heterocycles. The fourth-order valence-corrected chi connectivity index (χ4v) is 7.67. The highest BCUT2D eigenvalue weighted by Crippen LogP contribution is 2.41. The lowest BCUT2D eigenvalue weighted by Crippen LogP contribution is -2.38. The molecule has 152 valence electrons. The Morgan fingerprint density at radius 2 is 1.90 bits per heavy atom. The van der Waals surface area contributed by atoms with Crippen LogP contribution in [0.3, 0.4) is 0 Å². The highest BCUT2D eigenvalue weighted by Gasteiger charge is 2.49. The molecule has 2 fully saturated rings. The fraction of sp³-hybridized carbons (Fsp3) is 0.333. The van der Waals surface area contributed by atoms with Crippen molar-refractivity contribution in [3.05, 3.63) is 59.7 Å². The molecule has 8 heteroatoms. The second-order valence-corrected chi connectivity index (χ2v) is 10.6. The van der Waals surface area contributed by atoms with Crippen LogP contribution in [-0.2, 0) is 21.1 Å². The third-order valence-corrected chi connectivity index (χ3v) is 8.39. The number of anilines is 1.